The number of carbonyl (C=O) groups is 2. The van der Waals surface area contributed by atoms with E-state index in [9.17, 15) is 9.59 Å². The van der Waals surface area contributed by atoms with Crippen LogP contribution in [0.25, 0.3) is 6.08 Å². The predicted molar refractivity (Wildman–Crippen MR) is 135 cm³/mol. The van der Waals surface area contributed by atoms with Crippen molar-refractivity contribution in [3.63, 3.8) is 0 Å². The fourth-order valence-corrected chi connectivity index (χ4v) is 4.72. The molecule has 1 saturated heterocycles. The second kappa shape index (κ2) is 8.70. The van der Waals surface area contributed by atoms with Gasteiger partial charge in [0.2, 0.25) is 5.91 Å². The fraction of sp³-hybridized carbons (Fsp3) is 0.241. The molecule has 1 heterocycles. The molecule has 4 rings (SSSR count). The van der Waals surface area contributed by atoms with Crippen LogP contribution in [0, 0.1) is 27.7 Å². The van der Waals surface area contributed by atoms with Crippen molar-refractivity contribution in [2.45, 2.75) is 46.6 Å². The van der Waals surface area contributed by atoms with Crippen molar-refractivity contribution in [3.05, 3.63) is 100 Å². The van der Waals surface area contributed by atoms with Crippen LogP contribution in [0.3, 0.4) is 0 Å². The Morgan fingerprint density at radius 1 is 0.909 bits per heavy atom. The van der Waals surface area contributed by atoms with Crippen LogP contribution in [0.2, 0.25) is 0 Å². The van der Waals surface area contributed by atoms with Crippen molar-refractivity contribution in [3.8, 4) is 0 Å². The molecule has 1 fully saturated rings. The van der Waals surface area contributed by atoms with Crippen LogP contribution >= 0.6 is 0 Å². The molecular weight excluding hydrogens is 408 g/mol. The highest BCUT2D eigenvalue weighted by Gasteiger charge is 2.58. The van der Waals surface area contributed by atoms with E-state index in [-0.39, 0.29) is 18.2 Å². The molecule has 1 unspecified atom stereocenters. The number of para-hydroxylation sites is 1. The van der Waals surface area contributed by atoms with E-state index in [1.165, 1.54) is 0 Å². The number of β-lactam (4-membered cyclic amide) rings is 1. The summed E-state index contributed by atoms with van der Waals surface area (Å²) in [5.74, 6) is -0.247. The summed E-state index contributed by atoms with van der Waals surface area (Å²) >= 11 is 0. The third-order valence-electron chi connectivity index (χ3n) is 6.56. The Balaban J connectivity index is 1.84. The molecule has 0 bridgehead atoms. The van der Waals surface area contributed by atoms with E-state index in [1.54, 1.807) is 4.90 Å². The minimum absolute atomic E-state index is 0.0561. The van der Waals surface area contributed by atoms with Gasteiger partial charge < -0.3 is 5.32 Å². The molecule has 33 heavy (non-hydrogen) atoms. The molecule has 3 aromatic rings. The minimum Gasteiger partial charge on any atom is -0.323 e. The molecule has 1 atom stereocenters. The van der Waals surface area contributed by atoms with Crippen molar-refractivity contribution in [1.82, 2.24) is 0 Å². The molecule has 0 spiro atoms. The lowest BCUT2D eigenvalue weighted by Crippen LogP contribution is -2.70. The summed E-state index contributed by atoms with van der Waals surface area (Å²) in [5, 5.41) is 3.17. The van der Waals surface area contributed by atoms with E-state index in [0.717, 1.165) is 44.8 Å². The first-order chi connectivity index (χ1) is 15.7. The molecule has 1 aliphatic heterocycles. The van der Waals surface area contributed by atoms with Crippen LogP contribution in [-0.4, -0.2) is 17.4 Å². The first-order valence-corrected chi connectivity index (χ1v) is 11.3. The van der Waals surface area contributed by atoms with Gasteiger partial charge in [0.25, 0.3) is 5.91 Å². The van der Waals surface area contributed by atoms with Crippen LogP contribution in [0.15, 0.2) is 72.3 Å². The summed E-state index contributed by atoms with van der Waals surface area (Å²) < 4.78 is 0. The largest absolute Gasteiger partial charge is 0.323 e. The summed E-state index contributed by atoms with van der Waals surface area (Å²) in [6, 6.07) is 21.8. The van der Waals surface area contributed by atoms with Crippen LogP contribution in [0.4, 0.5) is 11.4 Å². The molecule has 0 radical (unpaired) electrons. The molecule has 2 amide bonds. The van der Waals surface area contributed by atoms with Crippen molar-refractivity contribution < 1.29 is 9.59 Å². The van der Waals surface area contributed by atoms with Crippen molar-refractivity contribution in [2.75, 3.05) is 10.2 Å². The van der Waals surface area contributed by atoms with Gasteiger partial charge in [0.1, 0.15) is 0 Å². The Morgan fingerprint density at radius 2 is 1.58 bits per heavy atom. The Bertz CT molecular complexity index is 1240. The van der Waals surface area contributed by atoms with E-state index in [0.29, 0.717) is 0 Å². The van der Waals surface area contributed by atoms with Crippen molar-refractivity contribution in [2.24, 2.45) is 0 Å². The zero-order valence-electron chi connectivity index (χ0n) is 19.9. The van der Waals surface area contributed by atoms with E-state index >= 15 is 0 Å². The van der Waals surface area contributed by atoms with Crippen LogP contribution in [0.1, 0.15) is 41.2 Å². The summed E-state index contributed by atoms with van der Waals surface area (Å²) in [6.45, 7) is 9.92. The number of hydrogen-bond acceptors (Lipinski definition) is 2. The van der Waals surface area contributed by atoms with Crippen LogP contribution in [0.5, 0.6) is 0 Å². The molecule has 4 nitrogen and oxygen atoms in total. The maximum absolute atomic E-state index is 14.0. The van der Waals surface area contributed by atoms with E-state index in [1.807, 2.05) is 107 Å². The highest BCUT2D eigenvalue weighted by Crippen LogP contribution is 2.45. The zero-order valence-corrected chi connectivity index (χ0v) is 19.9. The topological polar surface area (TPSA) is 49.4 Å². The minimum atomic E-state index is -1.10. The molecule has 168 valence electrons. The Kier molecular flexibility index (Phi) is 5.94. The molecule has 4 heteroatoms. The van der Waals surface area contributed by atoms with E-state index < -0.39 is 5.54 Å². The maximum Gasteiger partial charge on any atom is 0.255 e. The number of aryl methyl sites for hydroxylation is 4. The van der Waals surface area contributed by atoms with E-state index in [2.05, 4.69) is 5.32 Å². The van der Waals surface area contributed by atoms with Gasteiger partial charge in [-0.15, -0.1) is 0 Å². The summed E-state index contributed by atoms with van der Waals surface area (Å²) in [4.78, 5) is 28.7. The monoisotopic (exact) mass is 438 g/mol. The first kappa shape index (κ1) is 22.5. The standard InChI is InChI=1S/C29H30N2O2/c1-19-14-15-25(22(4)16-19)31-26(32)18-29(31,23(5)17-24-12-7-6-8-13-24)28(33)30-27-20(2)10-9-11-21(27)3/h6-17H,18H2,1-5H3,(H,30,33). The first-order valence-electron chi connectivity index (χ1n) is 11.3. The summed E-state index contributed by atoms with van der Waals surface area (Å²) in [7, 11) is 0. The predicted octanol–water partition coefficient (Wildman–Crippen LogP) is 6.14. The number of nitrogens with one attached hydrogen (secondary N) is 1. The van der Waals surface area contributed by atoms with Gasteiger partial charge in [0.05, 0.1) is 6.42 Å². The van der Waals surface area contributed by atoms with Gasteiger partial charge in [-0.25, -0.2) is 0 Å². The number of benzene rings is 3. The number of nitrogens with zero attached hydrogens (tertiary/aromatic N) is 1. The van der Waals surface area contributed by atoms with Gasteiger partial charge in [-0.2, -0.15) is 0 Å². The van der Waals surface area contributed by atoms with Crippen LogP contribution in [-0.2, 0) is 9.59 Å². The van der Waals surface area contributed by atoms with Gasteiger partial charge in [-0.1, -0.05) is 72.3 Å². The Hall–Kier alpha value is -3.66. The van der Waals surface area contributed by atoms with Gasteiger partial charge in [-0.05, 0) is 68.5 Å². The second-order valence-corrected chi connectivity index (χ2v) is 9.02. The zero-order chi connectivity index (χ0) is 23.8. The van der Waals surface area contributed by atoms with Crippen LogP contribution < -0.4 is 10.2 Å². The summed E-state index contributed by atoms with van der Waals surface area (Å²) in [6.07, 6.45) is 2.14. The highest BCUT2D eigenvalue weighted by molar-refractivity contribution is 6.19. The van der Waals surface area contributed by atoms with Crippen molar-refractivity contribution >= 4 is 29.3 Å². The Labute approximate surface area is 195 Å². The number of hydrogen-bond donors (Lipinski definition) is 1. The lowest BCUT2D eigenvalue weighted by Gasteiger charge is -2.51. The molecule has 0 aromatic heterocycles. The molecular formula is C29H30N2O2. The number of carbonyl (C=O) groups excluding carboxylic acids is 2. The van der Waals surface area contributed by atoms with Gasteiger partial charge >= 0.3 is 0 Å². The molecule has 0 aliphatic carbocycles. The smallest absolute Gasteiger partial charge is 0.255 e. The average Bonchev–Trinajstić information content (AvgIpc) is 2.76. The van der Waals surface area contributed by atoms with Gasteiger partial charge in [0.15, 0.2) is 5.54 Å². The van der Waals surface area contributed by atoms with Gasteiger partial charge in [-0.3, -0.25) is 14.5 Å². The second-order valence-electron chi connectivity index (χ2n) is 9.02. The molecule has 1 aliphatic rings. The lowest BCUT2D eigenvalue weighted by atomic mass is 9.75. The van der Waals surface area contributed by atoms with Crippen molar-refractivity contribution in [1.29, 1.82) is 0 Å². The molecule has 3 aromatic carbocycles. The van der Waals surface area contributed by atoms with Gasteiger partial charge in [0, 0.05) is 11.4 Å². The third-order valence-corrected chi connectivity index (χ3v) is 6.56. The SMILES string of the molecule is CC(=Cc1ccccc1)C1(C(=O)Nc2c(C)cccc2C)CC(=O)N1c1ccc(C)cc1C. The normalized spacial score (nSPS) is 18.2. The quantitative estimate of drug-likeness (QED) is 0.487. The average molecular weight is 439 g/mol. The number of amides is 2. The van der Waals surface area contributed by atoms with E-state index in [4.69, 9.17) is 0 Å². The maximum atomic E-state index is 14.0. The lowest BCUT2D eigenvalue weighted by molar-refractivity contribution is -0.135. The molecule has 0 saturated carbocycles. The molecule has 1 N–H and O–H groups in total. The number of anilines is 2. The third kappa shape index (κ3) is 3.97. The fourth-order valence-electron chi connectivity index (χ4n) is 4.72. The number of rotatable bonds is 5. The Morgan fingerprint density at radius 3 is 2.18 bits per heavy atom. The highest BCUT2D eigenvalue weighted by atomic mass is 16.2. The summed E-state index contributed by atoms with van der Waals surface area (Å²) in [5.41, 5.74) is 6.38.